The van der Waals surface area contributed by atoms with E-state index in [2.05, 4.69) is 54.2 Å². The number of amides is 1. The third kappa shape index (κ3) is 5.87. The second-order valence-electron chi connectivity index (χ2n) is 13.9. The van der Waals surface area contributed by atoms with Crippen molar-refractivity contribution in [2.24, 2.45) is 39.8 Å². The first-order valence-electron chi connectivity index (χ1n) is 15.9. The molecular weight excluding hydrogens is 554 g/mol. The molecule has 9 nitrogen and oxygen atoms in total. The molecule has 1 heterocycles. The average Bonchev–Trinajstić information content (AvgIpc) is 3.36. The molecule has 2 aromatic carbocycles. The molecule has 0 spiro atoms. The molecule has 4 aliphatic rings. The van der Waals surface area contributed by atoms with Crippen LogP contribution in [0.1, 0.15) is 51.7 Å². The standard InChI is InChI=1S/C35H51N5O4/c1-20-28-15-25(35(28,3)4)16-29(20)38-34(42)32-31(21(2)41)30(17-36)44-40(32)19-23-10-9-11-27(33(23)43-8)24-12-22(18-37-5)13-26(14-24)39(6)7/h9-14,18,20-21,25,28-32,41H,15-17,19,36H2,1-8H3,(H,38,42)/b37-18+/t20-,21-,25+,28-,29+,30-,31+,32-/m0/s1. The highest BCUT2D eigenvalue weighted by Gasteiger charge is 2.57. The first kappa shape index (κ1) is 32.4. The predicted octanol–water partition coefficient (Wildman–Crippen LogP) is 4.10. The molecule has 0 radical (unpaired) electrons. The molecule has 4 N–H and O–H groups in total. The number of nitrogens with zero attached hydrogens (tertiary/aromatic N) is 3. The summed E-state index contributed by atoms with van der Waals surface area (Å²) in [5, 5.41) is 16.0. The van der Waals surface area contributed by atoms with Crippen molar-refractivity contribution in [3.05, 3.63) is 47.5 Å². The lowest BCUT2D eigenvalue weighted by Gasteiger charge is -2.62. The second kappa shape index (κ2) is 12.8. The molecule has 0 unspecified atom stereocenters. The van der Waals surface area contributed by atoms with Crippen LogP contribution in [0.15, 0.2) is 41.4 Å². The number of ether oxygens (including phenoxy) is 1. The molecule has 2 aromatic rings. The third-order valence-corrected chi connectivity index (χ3v) is 10.8. The molecule has 1 amide bonds. The quantitative estimate of drug-likeness (QED) is 0.350. The smallest absolute Gasteiger partial charge is 0.240 e. The maximum absolute atomic E-state index is 14.1. The Morgan fingerprint density at radius 1 is 1.30 bits per heavy atom. The van der Waals surface area contributed by atoms with Crippen LogP contribution in [0.25, 0.3) is 11.1 Å². The first-order chi connectivity index (χ1) is 20.9. The minimum absolute atomic E-state index is 0.107. The summed E-state index contributed by atoms with van der Waals surface area (Å²) in [4.78, 5) is 26.8. The topological polar surface area (TPSA) is 113 Å². The number of methoxy groups -OCH3 is 1. The van der Waals surface area contributed by atoms with E-state index in [0.29, 0.717) is 35.5 Å². The average molecular weight is 606 g/mol. The summed E-state index contributed by atoms with van der Waals surface area (Å²) in [7, 11) is 7.46. The van der Waals surface area contributed by atoms with E-state index in [9.17, 15) is 9.90 Å². The third-order valence-electron chi connectivity index (χ3n) is 10.8. The number of aliphatic hydroxyl groups excluding tert-OH is 1. The Kier molecular flexibility index (Phi) is 9.42. The zero-order valence-electron chi connectivity index (χ0n) is 27.6. The Labute approximate surface area is 262 Å². The first-order valence-corrected chi connectivity index (χ1v) is 15.9. The van der Waals surface area contributed by atoms with Gasteiger partial charge in [0.25, 0.3) is 0 Å². The van der Waals surface area contributed by atoms with Crippen LogP contribution in [0.2, 0.25) is 0 Å². The number of nitrogens with one attached hydrogen (secondary N) is 1. The van der Waals surface area contributed by atoms with E-state index in [1.54, 1.807) is 26.1 Å². The molecule has 1 saturated heterocycles. The number of carbonyl (C=O) groups is 1. The van der Waals surface area contributed by atoms with Crippen LogP contribution >= 0.6 is 0 Å². The Balaban J connectivity index is 1.46. The lowest BCUT2D eigenvalue weighted by atomic mass is 9.45. The molecule has 3 saturated carbocycles. The van der Waals surface area contributed by atoms with Gasteiger partial charge >= 0.3 is 0 Å². The number of aliphatic hydroxyl groups is 1. The molecule has 4 fully saturated rings. The van der Waals surface area contributed by atoms with Gasteiger partial charge in [0.15, 0.2) is 0 Å². The second-order valence-corrected chi connectivity index (χ2v) is 13.9. The summed E-state index contributed by atoms with van der Waals surface area (Å²) < 4.78 is 6.03. The summed E-state index contributed by atoms with van der Waals surface area (Å²) in [6.45, 7) is 9.20. The van der Waals surface area contributed by atoms with Gasteiger partial charge in [0.1, 0.15) is 11.8 Å². The normalized spacial score (nSPS) is 30.2. The maximum Gasteiger partial charge on any atom is 0.240 e. The van der Waals surface area contributed by atoms with Gasteiger partial charge in [0.2, 0.25) is 5.91 Å². The zero-order valence-corrected chi connectivity index (χ0v) is 27.6. The SMILES string of the molecule is C/N=C/c1cc(-c2cccc(CN3O[C@@H](CN)[C@@H]([C@H](C)O)[C@H]3C(=O)N[C@@H]3C[C@H]4C[C@@H]([C@@H]3C)C4(C)C)c2OC)cc(N(C)C)c1. The molecular formula is C35H51N5O4. The molecule has 2 bridgehead atoms. The van der Waals surface area contributed by atoms with E-state index in [1.165, 1.54) is 6.42 Å². The van der Waals surface area contributed by atoms with Crippen molar-refractivity contribution in [1.29, 1.82) is 0 Å². The number of hydrogen-bond donors (Lipinski definition) is 3. The van der Waals surface area contributed by atoms with E-state index >= 15 is 0 Å². The van der Waals surface area contributed by atoms with Gasteiger partial charge < -0.3 is 25.8 Å². The predicted molar refractivity (Wildman–Crippen MR) is 176 cm³/mol. The van der Waals surface area contributed by atoms with Gasteiger partial charge in [-0.1, -0.05) is 39.0 Å². The monoisotopic (exact) mass is 605 g/mol. The minimum Gasteiger partial charge on any atom is -0.496 e. The molecule has 3 aliphatic carbocycles. The number of fused-ring (bicyclic) bond motifs is 2. The molecule has 0 aromatic heterocycles. The lowest BCUT2D eigenvalue weighted by Crippen LogP contribution is -2.62. The fourth-order valence-electron chi connectivity index (χ4n) is 8.15. The van der Waals surface area contributed by atoms with Crippen LogP contribution in [0.3, 0.4) is 0 Å². The number of nitrogens with two attached hydrogens (primary N) is 1. The van der Waals surface area contributed by atoms with Gasteiger partial charge in [0.05, 0.1) is 25.9 Å². The maximum atomic E-state index is 14.1. The van der Waals surface area contributed by atoms with Crippen LogP contribution in [0.5, 0.6) is 5.75 Å². The molecule has 240 valence electrons. The van der Waals surface area contributed by atoms with Crippen molar-refractivity contribution in [2.75, 3.05) is 39.7 Å². The Morgan fingerprint density at radius 2 is 2.05 bits per heavy atom. The fourth-order valence-corrected chi connectivity index (χ4v) is 8.15. The molecule has 44 heavy (non-hydrogen) atoms. The van der Waals surface area contributed by atoms with Crippen LogP contribution in [-0.4, -0.2) is 81.4 Å². The van der Waals surface area contributed by atoms with Crippen molar-refractivity contribution in [3.8, 4) is 16.9 Å². The Morgan fingerprint density at radius 3 is 2.64 bits per heavy atom. The van der Waals surface area contributed by atoms with Crippen molar-refractivity contribution in [1.82, 2.24) is 10.4 Å². The summed E-state index contributed by atoms with van der Waals surface area (Å²) in [5.41, 5.74) is 11.3. The number of anilines is 1. The van der Waals surface area contributed by atoms with E-state index in [0.717, 1.165) is 34.4 Å². The summed E-state index contributed by atoms with van der Waals surface area (Å²) in [5.74, 6) is 1.75. The summed E-state index contributed by atoms with van der Waals surface area (Å²) in [6, 6.07) is 11.8. The zero-order chi connectivity index (χ0) is 31.9. The Hall–Kier alpha value is -2.98. The molecule has 1 aliphatic heterocycles. The van der Waals surface area contributed by atoms with E-state index in [1.807, 2.05) is 38.5 Å². The van der Waals surface area contributed by atoms with E-state index in [-0.39, 0.29) is 18.5 Å². The van der Waals surface area contributed by atoms with Crippen LogP contribution in [0, 0.1) is 29.1 Å². The highest BCUT2D eigenvalue weighted by atomic mass is 16.7. The minimum atomic E-state index is -0.777. The van der Waals surface area contributed by atoms with Crippen molar-refractivity contribution in [3.63, 3.8) is 0 Å². The molecule has 8 atom stereocenters. The highest BCUT2D eigenvalue weighted by Crippen LogP contribution is 2.61. The van der Waals surface area contributed by atoms with Crippen molar-refractivity contribution < 1.29 is 19.5 Å². The van der Waals surface area contributed by atoms with Crippen molar-refractivity contribution >= 4 is 17.8 Å². The van der Waals surface area contributed by atoms with Crippen LogP contribution in [0.4, 0.5) is 5.69 Å². The van der Waals surface area contributed by atoms with E-state index < -0.39 is 24.2 Å². The Bertz CT molecular complexity index is 1370. The van der Waals surface area contributed by atoms with Gasteiger partial charge in [-0.3, -0.25) is 14.6 Å². The molecule has 9 heteroatoms. The van der Waals surface area contributed by atoms with Gasteiger partial charge in [-0.15, -0.1) is 0 Å². The van der Waals surface area contributed by atoms with Crippen molar-refractivity contribution in [2.45, 2.75) is 71.4 Å². The highest BCUT2D eigenvalue weighted by molar-refractivity contribution is 5.87. The number of hydrogen-bond acceptors (Lipinski definition) is 8. The number of benzene rings is 2. The summed E-state index contributed by atoms with van der Waals surface area (Å²) in [6.07, 6.45) is 2.81. The van der Waals surface area contributed by atoms with Gasteiger partial charge in [-0.2, -0.15) is 5.06 Å². The molecule has 6 rings (SSSR count). The fraction of sp³-hybridized carbons (Fsp3) is 0.600. The summed E-state index contributed by atoms with van der Waals surface area (Å²) >= 11 is 0. The van der Waals surface area contributed by atoms with E-state index in [4.69, 9.17) is 15.3 Å². The lowest BCUT2D eigenvalue weighted by molar-refractivity contribution is -0.175. The number of carbonyl (C=O) groups excluding carboxylic acids is 1. The van der Waals surface area contributed by atoms with Crippen LogP contribution in [-0.2, 0) is 16.2 Å². The van der Waals surface area contributed by atoms with Gasteiger partial charge in [0, 0.05) is 62.7 Å². The van der Waals surface area contributed by atoms with Crippen LogP contribution < -0.4 is 20.7 Å². The van der Waals surface area contributed by atoms with Gasteiger partial charge in [-0.25, -0.2) is 0 Å². The number of para-hydroxylation sites is 1. The number of hydroxylamine groups is 2. The number of rotatable bonds is 10. The number of aliphatic imine (C=N–C) groups is 1. The largest absolute Gasteiger partial charge is 0.496 e. The van der Waals surface area contributed by atoms with Gasteiger partial charge in [-0.05, 0) is 72.3 Å².